The van der Waals surface area contributed by atoms with Gasteiger partial charge in [0.05, 0.1) is 21.8 Å². The number of thiazole rings is 1. The minimum absolute atomic E-state index is 0.0198. The summed E-state index contributed by atoms with van der Waals surface area (Å²) in [6.07, 6.45) is -1.64. The van der Waals surface area contributed by atoms with Gasteiger partial charge in [0.2, 0.25) is 5.91 Å². The number of carbonyl (C=O) groups is 2. The molecule has 0 aliphatic heterocycles. The summed E-state index contributed by atoms with van der Waals surface area (Å²) in [6, 6.07) is 8.25. The largest absolute Gasteiger partial charge is 0.416 e. The van der Waals surface area contributed by atoms with Crippen molar-refractivity contribution < 1.29 is 22.8 Å². The molecule has 0 saturated heterocycles. The highest BCUT2D eigenvalue weighted by atomic mass is 32.1. The maximum atomic E-state index is 13.5. The molecule has 0 radical (unpaired) electrons. The number of nitrogens with one attached hydrogen (secondary N) is 3. The molecule has 3 rings (SSSR count). The van der Waals surface area contributed by atoms with E-state index < -0.39 is 17.6 Å². The number of aromatic nitrogens is 1. The highest BCUT2D eigenvalue weighted by Crippen LogP contribution is 2.32. The van der Waals surface area contributed by atoms with Gasteiger partial charge >= 0.3 is 6.18 Å². The van der Waals surface area contributed by atoms with Crippen molar-refractivity contribution in [2.45, 2.75) is 60.3 Å². The summed E-state index contributed by atoms with van der Waals surface area (Å²) in [7, 11) is 0. The molecule has 0 saturated carbocycles. The second-order valence-corrected chi connectivity index (χ2v) is 10.1. The Balaban J connectivity index is 0.00000287. The average Bonchev–Trinajstić information content (AvgIpc) is 3.36. The number of hydrazine groups is 1. The standard InChI is InChI=1S/C26H30F3N7O2S.C2H6/c1-14(2)32-11-17-7-19(26(27,28)29)10-20(8-17)35-24(38)18-6-5-15(3)22(9-18)36(31)13-21(30)23-12-33-25(39-23)34-16(4)37;1-2/h5-10,12-14,32H,11,30-31H2,1-4H3,(H,35,38)(H,33,34,37);1-2H3/b21-13-;. The van der Waals surface area contributed by atoms with Gasteiger partial charge in [-0.3, -0.25) is 14.6 Å². The molecule has 2 amide bonds. The third-order valence-electron chi connectivity index (χ3n) is 5.39. The van der Waals surface area contributed by atoms with Gasteiger partial charge in [0.25, 0.3) is 5.91 Å². The fraction of sp³-hybridized carbons (Fsp3) is 0.321. The van der Waals surface area contributed by atoms with E-state index in [2.05, 4.69) is 20.9 Å². The van der Waals surface area contributed by atoms with Crippen molar-refractivity contribution in [2.24, 2.45) is 11.6 Å². The molecule has 13 heteroatoms. The Morgan fingerprint density at radius 2 is 1.80 bits per heavy atom. The molecule has 0 spiro atoms. The van der Waals surface area contributed by atoms with Crippen LogP contribution in [0, 0.1) is 6.92 Å². The first-order chi connectivity index (χ1) is 19.2. The zero-order chi connectivity index (χ0) is 30.9. The molecule has 9 nitrogen and oxygen atoms in total. The van der Waals surface area contributed by atoms with Crippen molar-refractivity contribution in [3.8, 4) is 0 Å². The van der Waals surface area contributed by atoms with Crippen LogP contribution in [-0.2, 0) is 17.5 Å². The molecule has 0 atom stereocenters. The van der Waals surface area contributed by atoms with Crippen LogP contribution in [0.5, 0.6) is 0 Å². The zero-order valence-electron chi connectivity index (χ0n) is 23.8. The van der Waals surface area contributed by atoms with Crippen LogP contribution < -0.4 is 32.5 Å². The first-order valence-corrected chi connectivity index (χ1v) is 13.7. The predicted molar refractivity (Wildman–Crippen MR) is 159 cm³/mol. The van der Waals surface area contributed by atoms with Gasteiger partial charge < -0.3 is 21.7 Å². The molecular formula is C28H36F3N7O2S. The summed E-state index contributed by atoms with van der Waals surface area (Å²) in [5, 5.41) is 9.83. The SMILES string of the molecule is CC.CC(=O)Nc1ncc(/C(N)=C/N(N)c2cc(C(=O)Nc3cc(CNC(C)C)cc(C(F)(F)F)c3)ccc2C)s1. The van der Waals surface area contributed by atoms with Gasteiger partial charge in [-0.1, -0.05) is 45.1 Å². The number of alkyl halides is 3. The van der Waals surface area contributed by atoms with Crippen LogP contribution in [0.3, 0.4) is 0 Å². The number of benzene rings is 2. The number of rotatable bonds is 9. The quantitative estimate of drug-likeness (QED) is 0.156. The highest BCUT2D eigenvalue weighted by molar-refractivity contribution is 7.16. The first kappa shape index (κ1) is 33.3. The van der Waals surface area contributed by atoms with E-state index in [1.54, 1.807) is 19.1 Å². The summed E-state index contributed by atoms with van der Waals surface area (Å²) in [6.45, 7) is 11.1. The molecule has 0 aliphatic carbocycles. The van der Waals surface area contributed by atoms with E-state index in [4.69, 9.17) is 11.6 Å². The van der Waals surface area contributed by atoms with E-state index in [0.717, 1.165) is 29.0 Å². The highest BCUT2D eigenvalue weighted by Gasteiger charge is 2.31. The van der Waals surface area contributed by atoms with Gasteiger partial charge in [-0.05, 0) is 48.4 Å². The van der Waals surface area contributed by atoms with E-state index >= 15 is 0 Å². The summed E-state index contributed by atoms with van der Waals surface area (Å²) < 4.78 is 40.5. The minimum atomic E-state index is -4.57. The fourth-order valence-electron chi connectivity index (χ4n) is 3.48. The van der Waals surface area contributed by atoms with Crippen LogP contribution in [-0.4, -0.2) is 22.8 Å². The molecule has 7 N–H and O–H groups in total. The van der Waals surface area contributed by atoms with Crippen LogP contribution in [0.2, 0.25) is 0 Å². The third kappa shape index (κ3) is 9.88. The monoisotopic (exact) mass is 591 g/mol. The number of halogens is 3. The molecule has 3 aromatic rings. The number of nitrogens with zero attached hydrogens (tertiary/aromatic N) is 2. The molecular weight excluding hydrogens is 555 g/mol. The Hall–Kier alpha value is -3.94. The van der Waals surface area contributed by atoms with Gasteiger partial charge in [0, 0.05) is 43.2 Å². The summed E-state index contributed by atoms with van der Waals surface area (Å²) in [5.41, 5.74) is 7.33. The summed E-state index contributed by atoms with van der Waals surface area (Å²) >= 11 is 1.16. The Morgan fingerprint density at radius 1 is 1.12 bits per heavy atom. The van der Waals surface area contributed by atoms with Crippen LogP contribution in [0.15, 0.2) is 48.8 Å². The second kappa shape index (κ2) is 14.6. The topological polar surface area (TPSA) is 138 Å². The Bertz CT molecular complexity index is 1390. The van der Waals surface area contributed by atoms with Gasteiger partial charge in [0.1, 0.15) is 0 Å². The number of aryl methyl sites for hydroxylation is 1. The van der Waals surface area contributed by atoms with Crippen molar-refractivity contribution in [3.63, 3.8) is 0 Å². The van der Waals surface area contributed by atoms with Gasteiger partial charge in [0.15, 0.2) is 5.13 Å². The molecule has 0 bridgehead atoms. The molecule has 0 unspecified atom stereocenters. The van der Waals surface area contributed by atoms with Crippen molar-refractivity contribution >= 4 is 45.4 Å². The lowest BCUT2D eigenvalue weighted by atomic mass is 10.1. The Kier molecular flexibility index (Phi) is 11.9. The second-order valence-electron chi connectivity index (χ2n) is 9.11. The van der Waals surface area contributed by atoms with E-state index in [1.165, 1.54) is 36.5 Å². The molecule has 222 valence electrons. The fourth-order valence-corrected chi connectivity index (χ4v) is 4.27. The maximum absolute atomic E-state index is 13.5. The number of nitrogens with two attached hydrogens (primary N) is 2. The number of amides is 2. The lowest BCUT2D eigenvalue weighted by Gasteiger charge is -2.19. The maximum Gasteiger partial charge on any atom is 0.416 e. The van der Waals surface area contributed by atoms with E-state index in [9.17, 15) is 22.8 Å². The Labute approximate surface area is 241 Å². The lowest BCUT2D eigenvalue weighted by Crippen LogP contribution is -2.27. The molecule has 1 heterocycles. The Morgan fingerprint density at radius 3 is 2.41 bits per heavy atom. The van der Waals surface area contributed by atoms with E-state index in [0.29, 0.717) is 21.3 Å². The summed E-state index contributed by atoms with van der Waals surface area (Å²) in [5.74, 6) is 5.35. The van der Waals surface area contributed by atoms with Crippen molar-refractivity contribution in [3.05, 3.63) is 75.9 Å². The van der Waals surface area contributed by atoms with E-state index in [-0.39, 0.29) is 35.4 Å². The van der Waals surface area contributed by atoms with Crippen LogP contribution in [0.25, 0.3) is 5.70 Å². The summed E-state index contributed by atoms with van der Waals surface area (Å²) in [4.78, 5) is 28.9. The molecule has 0 aliphatic rings. The minimum Gasteiger partial charge on any atom is -0.396 e. The average molecular weight is 592 g/mol. The number of carbonyl (C=O) groups excluding carboxylic acids is 2. The molecule has 0 fully saturated rings. The van der Waals surface area contributed by atoms with Crippen molar-refractivity contribution in [1.82, 2.24) is 10.3 Å². The van der Waals surface area contributed by atoms with Gasteiger partial charge in [-0.2, -0.15) is 13.2 Å². The van der Waals surface area contributed by atoms with Gasteiger partial charge in [-0.15, -0.1) is 0 Å². The molecule has 41 heavy (non-hydrogen) atoms. The predicted octanol–water partition coefficient (Wildman–Crippen LogP) is 5.84. The third-order valence-corrected chi connectivity index (χ3v) is 6.36. The van der Waals surface area contributed by atoms with Crippen LogP contribution in [0.4, 0.5) is 29.7 Å². The lowest BCUT2D eigenvalue weighted by molar-refractivity contribution is -0.137. The number of anilines is 3. The van der Waals surface area contributed by atoms with Gasteiger partial charge in [-0.25, -0.2) is 10.8 Å². The van der Waals surface area contributed by atoms with Crippen molar-refractivity contribution in [2.75, 3.05) is 15.6 Å². The normalized spacial score (nSPS) is 11.5. The van der Waals surface area contributed by atoms with E-state index in [1.807, 2.05) is 27.7 Å². The smallest absolute Gasteiger partial charge is 0.396 e. The number of hydrogen-bond acceptors (Lipinski definition) is 8. The molecule has 2 aromatic carbocycles. The number of hydrogen-bond donors (Lipinski definition) is 5. The van der Waals surface area contributed by atoms with Crippen LogP contribution >= 0.6 is 11.3 Å². The van der Waals surface area contributed by atoms with Crippen molar-refractivity contribution in [1.29, 1.82) is 0 Å². The van der Waals surface area contributed by atoms with Crippen LogP contribution in [0.1, 0.15) is 66.5 Å². The molecule has 1 aromatic heterocycles. The zero-order valence-corrected chi connectivity index (χ0v) is 24.6. The first-order valence-electron chi connectivity index (χ1n) is 12.8.